The Hall–Kier alpha value is -1.78. The number of carbonyl (C=O) groups is 1. The SMILES string of the molecule is COC(=O)c1ccc(C(O)(CCCl)c2ccccc2)o1. The van der Waals surface area contributed by atoms with Crippen LogP contribution in [0.3, 0.4) is 0 Å². The zero-order valence-electron chi connectivity index (χ0n) is 11.0. The highest BCUT2D eigenvalue weighted by molar-refractivity contribution is 6.17. The Kier molecular flexibility index (Phi) is 4.47. The summed E-state index contributed by atoms with van der Waals surface area (Å²) in [6.07, 6.45) is 0.271. The minimum Gasteiger partial charge on any atom is -0.463 e. The third-order valence-corrected chi connectivity index (χ3v) is 3.30. The number of carbonyl (C=O) groups excluding carboxylic acids is 1. The van der Waals surface area contributed by atoms with E-state index >= 15 is 0 Å². The number of hydrogen-bond donors (Lipinski definition) is 1. The van der Waals surface area contributed by atoms with E-state index < -0.39 is 11.6 Å². The number of hydrogen-bond acceptors (Lipinski definition) is 4. The fourth-order valence-corrected chi connectivity index (χ4v) is 2.30. The Bertz CT molecular complexity index is 579. The van der Waals surface area contributed by atoms with E-state index in [1.807, 2.05) is 18.2 Å². The molecule has 4 nitrogen and oxygen atoms in total. The quantitative estimate of drug-likeness (QED) is 0.680. The summed E-state index contributed by atoms with van der Waals surface area (Å²) in [7, 11) is 1.27. The average molecular weight is 295 g/mol. The van der Waals surface area contributed by atoms with Crippen LogP contribution >= 0.6 is 11.6 Å². The molecule has 2 rings (SSSR count). The lowest BCUT2D eigenvalue weighted by atomic mass is 9.89. The minimum atomic E-state index is -1.37. The first-order chi connectivity index (χ1) is 9.61. The molecule has 5 heteroatoms. The van der Waals surface area contributed by atoms with E-state index in [9.17, 15) is 9.90 Å². The number of ether oxygens (including phenoxy) is 1. The maximum Gasteiger partial charge on any atom is 0.373 e. The first kappa shape index (κ1) is 14.6. The molecule has 0 amide bonds. The van der Waals surface area contributed by atoms with Crippen LogP contribution in [-0.2, 0) is 10.3 Å². The number of furan rings is 1. The number of benzene rings is 1. The molecule has 0 bridgehead atoms. The Morgan fingerprint density at radius 3 is 2.60 bits per heavy atom. The first-order valence-electron chi connectivity index (χ1n) is 6.14. The van der Waals surface area contributed by atoms with E-state index in [0.717, 1.165) is 0 Å². The monoisotopic (exact) mass is 294 g/mol. The van der Waals surface area contributed by atoms with Crippen molar-refractivity contribution >= 4 is 17.6 Å². The minimum absolute atomic E-state index is 0.0476. The second-order valence-electron chi connectivity index (χ2n) is 4.32. The highest BCUT2D eigenvalue weighted by Gasteiger charge is 2.34. The van der Waals surface area contributed by atoms with Gasteiger partial charge in [-0.1, -0.05) is 30.3 Å². The molecule has 2 aromatic rings. The lowest BCUT2D eigenvalue weighted by Gasteiger charge is -2.25. The molecule has 0 fully saturated rings. The van der Waals surface area contributed by atoms with Crippen molar-refractivity contribution < 1.29 is 19.1 Å². The van der Waals surface area contributed by atoms with Gasteiger partial charge in [-0.3, -0.25) is 0 Å². The largest absolute Gasteiger partial charge is 0.463 e. The van der Waals surface area contributed by atoms with Crippen LogP contribution in [0.15, 0.2) is 46.9 Å². The Balaban J connectivity index is 2.43. The third-order valence-electron chi connectivity index (χ3n) is 3.11. The molecule has 1 aromatic carbocycles. The molecule has 0 spiro atoms. The van der Waals surface area contributed by atoms with Crippen LogP contribution in [0.5, 0.6) is 0 Å². The zero-order chi connectivity index (χ0) is 14.6. The van der Waals surface area contributed by atoms with Crippen molar-refractivity contribution in [1.29, 1.82) is 0 Å². The third kappa shape index (κ3) is 2.71. The summed E-state index contributed by atoms with van der Waals surface area (Å²) < 4.78 is 10.0. The summed E-state index contributed by atoms with van der Waals surface area (Å²) in [4.78, 5) is 11.4. The van der Waals surface area contributed by atoms with Crippen molar-refractivity contribution in [3.63, 3.8) is 0 Å². The number of esters is 1. The molecule has 1 aromatic heterocycles. The molecule has 0 aliphatic carbocycles. The van der Waals surface area contributed by atoms with Gasteiger partial charge in [0.2, 0.25) is 5.76 Å². The predicted octanol–water partition coefficient (Wildman–Crippen LogP) is 2.93. The molecule has 0 saturated heterocycles. The molecule has 106 valence electrons. The van der Waals surface area contributed by atoms with Crippen molar-refractivity contribution in [1.82, 2.24) is 0 Å². The van der Waals surface area contributed by atoms with E-state index in [4.69, 9.17) is 16.0 Å². The normalized spacial score (nSPS) is 13.8. The molecule has 0 aliphatic rings. The second-order valence-corrected chi connectivity index (χ2v) is 4.70. The highest BCUT2D eigenvalue weighted by Crippen LogP contribution is 2.34. The number of aliphatic hydroxyl groups is 1. The van der Waals surface area contributed by atoms with E-state index in [0.29, 0.717) is 5.56 Å². The van der Waals surface area contributed by atoms with Crippen molar-refractivity contribution in [2.24, 2.45) is 0 Å². The molecule has 1 N–H and O–H groups in total. The van der Waals surface area contributed by atoms with Gasteiger partial charge < -0.3 is 14.3 Å². The standard InChI is InChI=1S/C15H15ClO4/c1-19-14(17)12-7-8-13(20-12)15(18,9-10-16)11-5-3-2-4-6-11/h2-8,18H,9-10H2,1H3. The van der Waals surface area contributed by atoms with Gasteiger partial charge >= 0.3 is 5.97 Å². The summed E-state index contributed by atoms with van der Waals surface area (Å²) in [6, 6.07) is 12.1. The van der Waals surface area contributed by atoms with Crippen molar-refractivity contribution in [2.75, 3.05) is 13.0 Å². The molecule has 1 unspecified atom stereocenters. The zero-order valence-corrected chi connectivity index (χ0v) is 11.8. The van der Waals surface area contributed by atoms with Crippen molar-refractivity contribution in [2.45, 2.75) is 12.0 Å². The lowest BCUT2D eigenvalue weighted by Crippen LogP contribution is -2.27. The number of halogens is 1. The summed E-state index contributed by atoms with van der Waals surface area (Å²) in [5.74, 6) is -0.0201. The molecule has 0 aliphatic heterocycles. The van der Waals surface area contributed by atoms with Crippen LogP contribution in [0.25, 0.3) is 0 Å². The molecule has 0 saturated carbocycles. The Labute approximate surface area is 121 Å². The second kappa shape index (κ2) is 6.11. The van der Waals surface area contributed by atoms with Crippen LogP contribution in [0.4, 0.5) is 0 Å². The van der Waals surface area contributed by atoms with Crippen LogP contribution in [0.1, 0.15) is 28.3 Å². The van der Waals surface area contributed by atoms with E-state index in [-0.39, 0.29) is 23.8 Å². The summed E-state index contributed by atoms with van der Waals surface area (Å²) in [5, 5.41) is 10.9. The van der Waals surface area contributed by atoms with Crippen LogP contribution in [-0.4, -0.2) is 24.1 Å². The Morgan fingerprint density at radius 1 is 1.30 bits per heavy atom. The summed E-state index contributed by atoms with van der Waals surface area (Å²) in [5.41, 5.74) is -0.707. The van der Waals surface area contributed by atoms with Gasteiger partial charge in [0.25, 0.3) is 0 Å². The molecule has 0 radical (unpaired) electrons. The van der Waals surface area contributed by atoms with Crippen LogP contribution in [0.2, 0.25) is 0 Å². The Morgan fingerprint density at radius 2 is 2.00 bits per heavy atom. The van der Waals surface area contributed by atoms with E-state index in [1.165, 1.54) is 13.2 Å². The van der Waals surface area contributed by atoms with Gasteiger partial charge in [-0.05, 0) is 17.7 Å². The highest BCUT2D eigenvalue weighted by atomic mass is 35.5. The summed E-state index contributed by atoms with van der Waals surface area (Å²) in [6.45, 7) is 0. The number of rotatable bonds is 5. The molecular formula is C15H15ClO4. The lowest BCUT2D eigenvalue weighted by molar-refractivity contribution is 0.0448. The summed E-state index contributed by atoms with van der Waals surface area (Å²) >= 11 is 5.79. The fraction of sp³-hybridized carbons (Fsp3) is 0.267. The van der Waals surface area contributed by atoms with Gasteiger partial charge in [-0.25, -0.2) is 4.79 Å². The smallest absolute Gasteiger partial charge is 0.373 e. The molecule has 1 atom stereocenters. The molecule has 1 heterocycles. The van der Waals surface area contributed by atoms with Crippen LogP contribution in [0, 0.1) is 0 Å². The number of methoxy groups -OCH3 is 1. The maximum atomic E-state index is 11.4. The van der Waals surface area contributed by atoms with Crippen molar-refractivity contribution in [3.8, 4) is 0 Å². The maximum absolute atomic E-state index is 11.4. The average Bonchev–Trinajstić information content (AvgIpc) is 2.98. The van der Waals surface area contributed by atoms with Gasteiger partial charge in [0, 0.05) is 12.3 Å². The van der Waals surface area contributed by atoms with E-state index in [2.05, 4.69) is 4.74 Å². The van der Waals surface area contributed by atoms with Gasteiger partial charge in [0.1, 0.15) is 11.4 Å². The van der Waals surface area contributed by atoms with Gasteiger partial charge in [-0.2, -0.15) is 0 Å². The van der Waals surface area contributed by atoms with Crippen molar-refractivity contribution in [3.05, 3.63) is 59.5 Å². The number of alkyl halides is 1. The van der Waals surface area contributed by atoms with Gasteiger partial charge in [0.15, 0.2) is 0 Å². The fourth-order valence-electron chi connectivity index (χ4n) is 2.03. The van der Waals surface area contributed by atoms with E-state index in [1.54, 1.807) is 18.2 Å². The van der Waals surface area contributed by atoms with Gasteiger partial charge in [-0.15, -0.1) is 11.6 Å². The van der Waals surface area contributed by atoms with Crippen LogP contribution < -0.4 is 0 Å². The predicted molar refractivity (Wildman–Crippen MR) is 74.8 cm³/mol. The van der Waals surface area contributed by atoms with Gasteiger partial charge in [0.05, 0.1) is 7.11 Å². The topological polar surface area (TPSA) is 59.7 Å². The molecular weight excluding hydrogens is 280 g/mol. The first-order valence-corrected chi connectivity index (χ1v) is 6.68. The molecule has 20 heavy (non-hydrogen) atoms.